The fraction of sp³-hybridized carbons (Fsp3) is 0.357. The van der Waals surface area contributed by atoms with Gasteiger partial charge in [-0.25, -0.2) is 0 Å². The summed E-state index contributed by atoms with van der Waals surface area (Å²) in [6.07, 6.45) is 2.99. The van der Waals surface area contributed by atoms with Crippen molar-refractivity contribution >= 4 is 21.6 Å². The number of rotatable bonds is 5. The molecule has 102 valence electrons. The third kappa shape index (κ3) is 3.29. The monoisotopic (exact) mass is 323 g/mol. The van der Waals surface area contributed by atoms with Crippen LogP contribution in [0.25, 0.3) is 0 Å². The number of nitrogens with zero attached hydrogens (tertiary/aromatic N) is 2. The smallest absolute Gasteiger partial charge is 0.142 e. The average molecular weight is 324 g/mol. The molecule has 2 aromatic rings. The van der Waals surface area contributed by atoms with Gasteiger partial charge in [-0.2, -0.15) is 5.10 Å². The van der Waals surface area contributed by atoms with E-state index in [4.69, 9.17) is 4.74 Å². The molecule has 0 aliphatic carbocycles. The maximum absolute atomic E-state index is 5.35. The lowest BCUT2D eigenvalue weighted by atomic mass is 10.2. The standard InChI is InChI=1S/C14H18BrN3O/c1-4-12-10(9-18(2)17-12)8-16-13-7-11(15)5-6-14(13)19-3/h5-7,9,16H,4,8H2,1-3H3. The Morgan fingerprint density at radius 1 is 1.42 bits per heavy atom. The first-order valence-corrected chi connectivity index (χ1v) is 7.02. The molecular weight excluding hydrogens is 306 g/mol. The molecule has 19 heavy (non-hydrogen) atoms. The second-order valence-electron chi connectivity index (χ2n) is 4.33. The van der Waals surface area contributed by atoms with E-state index in [1.54, 1.807) is 7.11 Å². The molecule has 5 heteroatoms. The van der Waals surface area contributed by atoms with Gasteiger partial charge in [-0.15, -0.1) is 0 Å². The molecule has 0 aliphatic heterocycles. The van der Waals surface area contributed by atoms with Gasteiger partial charge in [-0.05, 0) is 24.6 Å². The summed E-state index contributed by atoms with van der Waals surface area (Å²) in [6, 6.07) is 5.92. The van der Waals surface area contributed by atoms with Gasteiger partial charge in [-0.3, -0.25) is 4.68 Å². The molecule has 0 unspecified atom stereocenters. The number of methoxy groups -OCH3 is 1. The van der Waals surface area contributed by atoms with Crippen molar-refractivity contribution in [1.82, 2.24) is 9.78 Å². The van der Waals surface area contributed by atoms with E-state index in [2.05, 4.69) is 39.5 Å². The normalized spacial score (nSPS) is 10.5. The molecule has 1 aromatic carbocycles. The van der Waals surface area contributed by atoms with Gasteiger partial charge in [0.1, 0.15) is 5.75 Å². The van der Waals surface area contributed by atoms with E-state index in [1.807, 2.05) is 29.9 Å². The van der Waals surface area contributed by atoms with Crippen LogP contribution in [0.5, 0.6) is 5.75 Å². The Morgan fingerprint density at radius 2 is 2.21 bits per heavy atom. The van der Waals surface area contributed by atoms with Gasteiger partial charge in [0.2, 0.25) is 0 Å². The third-order valence-corrected chi connectivity index (χ3v) is 3.45. The van der Waals surface area contributed by atoms with E-state index in [0.29, 0.717) is 0 Å². The van der Waals surface area contributed by atoms with Crippen LogP contribution in [0.4, 0.5) is 5.69 Å². The van der Waals surface area contributed by atoms with Crippen molar-refractivity contribution in [3.8, 4) is 5.75 Å². The highest BCUT2D eigenvalue weighted by molar-refractivity contribution is 9.10. The Bertz CT molecular complexity index is 566. The number of aryl methyl sites for hydroxylation is 2. The van der Waals surface area contributed by atoms with Crippen LogP contribution in [0.15, 0.2) is 28.9 Å². The van der Waals surface area contributed by atoms with E-state index in [-0.39, 0.29) is 0 Å². The first-order chi connectivity index (χ1) is 9.13. The molecule has 0 saturated carbocycles. The van der Waals surface area contributed by atoms with Crippen molar-refractivity contribution in [3.63, 3.8) is 0 Å². The fourth-order valence-electron chi connectivity index (χ4n) is 2.04. The summed E-state index contributed by atoms with van der Waals surface area (Å²) in [4.78, 5) is 0. The second-order valence-corrected chi connectivity index (χ2v) is 5.24. The molecular formula is C14H18BrN3O. The SMILES string of the molecule is CCc1nn(C)cc1CNc1cc(Br)ccc1OC. The Balaban J connectivity index is 2.15. The molecule has 1 N–H and O–H groups in total. The minimum absolute atomic E-state index is 0.740. The number of aromatic nitrogens is 2. The summed E-state index contributed by atoms with van der Waals surface area (Å²) in [5.41, 5.74) is 3.32. The summed E-state index contributed by atoms with van der Waals surface area (Å²) >= 11 is 3.47. The van der Waals surface area contributed by atoms with E-state index in [0.717, 1.165) is 34.6 Å². The number of hydrogen-bond acceptors (Lipinski definition) is 3. The lowest BCUT2D eigenvalue weighted by molar-refractivity contribution is 0.416. The number of anilines is 1. The maximum Gasteiger partial charge on any atom is 0.142 e. The highest BCUT2D eigenvalue weighted by Crippen LogP contribution is 2.28. The average Bonchev–Trinajstić information content (AvgIpc) is 2.77. The van der Waals surface area contributed by atoms with E-state index in [9.17, 15) is 0 Å². The van der Waals surface area contributed by atoms with Crippen LogP contribution < -0.4 is 10.1 Å². The van der Waals surface area contributed by atoms with Crippen LogP contribution in [0.3, 0.4) is 0 Å². The number of nitrogens with one attached hydrogen (secondary N) is 1. The first kappa shape index (κ1) is 13.9. The Hall–Kier alpha value is -1.49. The lowest BCUT2D eigenvalue weighted by Crippen LogP contribution is -2.02. The van der Waals surface area contributed by atoms with Crippen LogP contribution in [0, 0.1) is 0 Å². The van der Waals surface area contributed by atoms with Crippen molar-refractivity contribution in [2.45, 2.75) is 19.9 Å². The Labute approximate surface area is 121 Å². The highest BCUT2D eigenvalue weighted by atomic mass is 79.9. The van der Waals surface area contributed by atoms with Gasteiger partial charge >= 0.3 is 0 Å². The number of halogens is 1. The summed E-state index contributed by atoms with van der Waals surface area (Å²) in [5, 5.41) is 7.84. The topological polar surface area (TPSA) is 39.1 Å². The second kappa shape index (κ2) is 6.10. The third-order valence-electron chi connectivity index (χ3n) is 2.96. The highest BCUT2D eigenvalue weighted by Gasteiger charge is 2.08. The van der Waals surface area contributed by atoms with Crippen LogP contribution in [0.1, 0.15) is 18.2 Å². The summed E-state index contributed by atoms with van der Waals surface area (Å²) in [7, 11) is 3.62. The molecule has 0 aliphatic rings. The zero-order chi connectivity index (χ0) is 13.8. The molecule has 0 amide bonds. The first-order valence-electron chi connectivity index (χ1n) is 6.22. The van der Waals surface area contributed by atoms with Crippen molar-refractivity contribution in [2.75, 3.05) is 12.4 Å². The number of hydrogen-bond donors (Lipinski definition) is 1. The minimum Gasteiger partial charge on any atom is -0.495 e. The van der Waals surface area contributed by atoms with E-state index in [1.165, 1.54) is 5.56 Å². The largest absolute Gasteiger partial charge is 0.495 e. The molecule has 1 aromatic heterocycles. The molecule has 1 heterocycles. The lowest BCUT2D eigenvalue weighted by Gasteiger charge is -2.11. The molecule has 0 fully saturated rings. The Morgan fingerprint density at radius 3 is 2.89 bits per heavy atom. The molecule has 0 spiro atoms. The molecule has 0 radical (unpaired) electrons. The zero-order valence-electron chi connectivity index (χ0n) is 11.4. The van der Waals surface area contributed by atoms with Gasteiger partial charge in [0, 0.05) is 29.8 Å². The zero-order valence-corrected chi connectivity index (χ0v) is 13.0. The van der Waals surface area contributed by atoms with Gasteiger partial charge < -0.3 is 10.1 Å². The predicted molar refractivity (Wildman–Crippen MR) is 80.6 cm³/mol. The molecule has 0 saturated heterocycles. The van der Waals surface area contributed by atoms with E-state index < -0.39 is 0 Å². The maximum atomic E-state index is 5.35. The van der Waals surface area contributed by atoms with Gasteiger partial charge in [-0.1, -0.05) is 22.9 Å². The van der Waals surface area contributed by atoms with Crippen LogP contribution in [-0.2, 0) is 20.0 Å². The number of benzene rings is 1. The quantitative estimate of drug-likeness (QED) is 0.917. The molecule has 0 bridgehead atoms. The van der Waals surface area contributed by atoms with Crippen molar-refractivity contribution in [3.05, 3.63) is 40.1 Å². The van der Waals surface area contributed by atoms with Crippen LogP contribution in [0.2, 0.25) is 0 Å². The van der Waals surface area contributed by atoms with Crippen molar-refractivity contribution in [2.24, 2.45) is 7.05 Å². The van der Waals surface area contributed by atoms with Gasteiger partial charge in [0.25, 0.3) is 0 Å². The van der Waals surface area contributed by atoms with Gasteiger partial charge in [0.05, 0.1) is 18.5 Å². The molecule has 0 atom stereocenters. The van der Waals surface area contributed by atoms with Gasteiger partial charge in [0.15, 0.2) is 0 Å². The minimum atomic E-state index is 0.740. The van der Waals surface area contributed by atoms with E-state index >= 15 is 0 Å². The summed E-state index contributed by atoms with van der Waals surface area (Å²) in [6.45, 7) is 2.86. The Kier molecular flexibility index (Phi) is 4.47. The van der Waals surface area contributed by atoms with Crippen molar-refractivity contribution in [1.29, 1.82) is 0 Å². The molecule has 4 nitrogen and oxygen atoms in total. The van der Waals surface area contributed by atoms with Crippen molar-refractivity contribution < 1.29 is 4.74 Å². The fourth-order valence-corrected chi connectivity index (χ4v) is 2.40. The van der Waals surface area contributed by atoms with Crippen LogP contribution >= 0.6 is 15.9 Å². The number of ether oxygens (including phenoxy) is 1. The molecule has 2 rings (SSSR count). The van der Waals surface area contributed by atoms with Crippen LogP contribution in [-0.4, -0.2) is 16.9 Å². The summed E-state index contributed by atoms with van der Waals surface area (Å²) in [5.74, 6) is 0.838. The predicted octanol–water partition coefficient (Wildman–Crippen LogP) is 3.37. The summed E-state index contributed by atoms with van der Waals surface area (Å²) < 4.78 is 8.23.